The molecule has 0 spiro atoms. The van der Waals surface area contributed by atoms with Crippen molar-refractivity contribution in [1.29, 1.82) is 0 Å². The van der Waals surface area contributed by atoms with Crippen molar-refractivity contribution >= 4 is 28.3 Å². The third-order valence-electron chi connectivity index (χ3n) is 5.74. The molecule has 0 atom stereocenters. The van der Waals surface area contributed by atoms with E-state index in [2.05, 4.69) is 5.32 Å². The number of anilines is 1. The molecule has 1 fully saturated rings. The summed E-state index contributed by atoms with van der Waals surface area (Å²) in [5.41, 5.74) is 2.68. The van der Waals surface area contributed by atoms with Gasteiger partial charge >= 0.3 is 0 Å². The van der Waals surface area contributed by atoms with Crippen molar-refractivity contribution in [2.24, 2.45) is 5.92 Å². The van der Waals surface area contributed by atoms with Gasteiger partial charge in [0, 0.05) is 28.1 Å². The number of carbonyl (C=O) groups is 2. The summed E-state index contributed by atoms with van der Waals surface area (Å²) in [6.07, 6.45) is 5.37. The van der Waals surface area contributed by atoms with Gasteiger partial charge in [-0.3, -0.25) is 9.59 Å². The molecule has 3 aromatic rings. The third-order valence-corrected chi connectivity index (χ3v) is 5.74. The van der Waals surface area contributed by atoms with E-state index < -0.39 is 0 Å². The number of carbonyl (C=O) groups excluding carboxylic acids is 2. The summed E-state index contributed by atoms with van der Waals surface area (Å²) in [4.78, 5) is 25.4. The van der Waals surface area contributed by atoms with E-state index in [1.54, 1.807) is 31.4 Å². The zero-order valence-corrected chi connectivity index (χ0v) is 16.8. The van der Waals surface area contributed by atoms with E-state index in [1.807, 2.05) is 25.1 Å². The van der Waals surface area contributed by atoms with E-state index in [0.29, 0.717) is 22.7 Å². The Morgan fingerprint density at radius 3 is 2.45 bits per heavy atom. The first-order valence-electron chi connectivity index (χ1n) is 10.1. The molecule has 0 bridgehead atoms. The van der Waals surface area contributed by atoms with Crippen molar-refractivity contribution in [3.63, 3.8) is 0 Å². The number of amides is 1. The molecular formula is C24H25NO4. The Labute approximate surface area is 170 Å². The molecule has 1 aromatic heterocycles. The summed E-state index contributed by atoms with van der Waals surface area (Å²) in [5, 5.41) is 3.87. The number of rotatable bonds is 5. The lowest BCUT2D eigenvalue weighted by atomic mass is 9.88. The van der Waals surface area contributed by atoms with Gasteiger partial charge in [-0.2, -0.15) is 0 Å². The van der Waals surface area contributed by atoms with Crippen LogP contribution in [0.25, 0.3) is 11.0 Å². The normalized spacial score (nSPS) is 14.7. The average molecular weight is 391 g/mol. The minimum Gasteiger partial charge on any atom is -0.497 e. The van der Waals surface area contributed by atoms with Crippen molar-refractivity contribution in [2.45, 2.75) is 39.0 Å². The minimum atomic E-state index is -0.172. The van der Waals surface area contributed by atoms with Crippen LogP contribution in [0.3, 0.4) is 0 Å². The summed E-state index contributed by atoms with van der Waals surface area (Å²) in [6.45, 7) is 1.87. The average Bonchev–Trinajstić information content (AvgIpc) is 3.10. The van der Waals surface area contributed by atoms with Crippen LogP contribution in [-0.2, 0) is 4.79 Å². The van der Waals surface area contributed by atoms with Crippen LogP contribution in [0.15, 0.2) is 46.9 Å². The van der Waals surface area contributed by atoms with Crippen LogP contribution in [0.2, 0.25) is 0 Å². The monoisotopic (exact) mass is 391 g/mol. The first-order chi connectivity index (χ1) is 14.1. The Balaban J connectivity index is 1.58. The minimum absolute atomic E-state index is 0.0831. The van der Waals surface area contributed by atoms with Gasteiger partial charge in [0.1, 0.15) is 11.3 Å². The Kier molecular flexibility index (Phi) is 5.38. The van der Waals surface area contributed by atoms with Gasteiger partial charge in [0.15, 0.2) is 5.76 Å². The molecule has 4 rings (SSSR count). The highest BCUT2D eigenvalue weighted by Crippen LogP contribution is 2.31. The van der Waals surface area contributed by atoms with Gasteiger partial charge < -0.3 is 14.5 Å². The predicted molar refractivity (Wildman–Crippen MR) is 113 cm³/mol. The molecule has 29 heavy (non-hydrogen) atoms. The molecular weight excluding hydrogens is 366 g/mol. The largest absolute Gasteiger partial charge is 0.497 e. The smallest absolute Gasteiger partial charge is 0.228 e. The standard InChI is InChI=1S/C24H25NO4/c1-15-20-14-18(25-24(27)17-6-4-3-5-7-17)10-13-21(20)29-23(15)22(26)16-8-11-19(28-2)12-9-16/h8-14,17H,3-7H2,1-2H3,(H,25,27). The van der Waals surface area contributed by atoms with Crippen molar-refractivity contribution in [1.82, 2.24) is 0 Å². The summed E-state index contributed by atoms with van der Waals surface area (Å²) in [5.74, 6) is 1.02. The molecule has 1 amide bonds. The van der Waals surface area contributed by atoms with Crippen molar-refractivity contribution < 1.29 is 18.7 Å². The fourth-order valence-corrected chi connectivity index (χ4v) is 4.00. The number of hydrogen-bond donors (Lipinski definition) is 1. The predicted octanol–water partition coefficient (Wildman–Crippen LogP) is 5.50. The summed E-state index contributed by atoms with van der Waals surface area (Å²) < 4.78 is 11.0. The van der Waals surface area contributed by atoms with E-state index in [4.69, 9.17) is 9.15 Å². The lowest BCUT2D eigenvalue weighted by Gasteiger charge is -2.20. The zero-order chi connectivity index (χ0) is 20.4. The van der Waals surface area contributed by atoms with Gasteiger partial charge in [-0.15, -0.1) is 0 Å². The molecule has 1 aliphatic rings. The molecule has 150 valence electrons. The lowest BCUT2D eigenvalue weighted by molar-refractivity contribution is -0.120. The molecule has 5 nitrogen and oxygen atoms in total. The van der Waals surface area contributed by atoms with Gasteiger partial charge in [-0.1, -0.05) is 19.3 Å². The highest BCUT2D eigenvalue weighted by atomic mass is 16.5. The van der Waals surface area contributed by atoms with Crippen LogP contribution in [0, 0.1) is 12.8 Å². The van der Waals surface area contributed by atoms with Gasteiger partial charge in [-0.05, 0) is 62.2 Å². The van der Waals surface area contributed by atoms with E-state index in [0.717, 1.165) is 42.3 Å². The van der Waals surface area contributed by atoms with Crippen LogP contribution in [0.5, 0.6) is 5.75 Å². The van der Waals surface area contributed by atoms with Gasteiger partial charge in [0.2, 0.25) is 11.7 Å². The van der Waals surface area contributed by atoms with Crippen molar-refractivity contribution in [3.8, 4) is 5.75 Å². The maximum absolute atomic E-state index is 12.9. The number of fused-ring (bicyclic) bond motifs is 1. The van der Waals surface area contributed by atoms with Gasteiger partial charge in [0.05, 0.1) is 7.11 Å². The van der Waals surface area contributed by atoms with Gasteiger partial charge in [-0.25, -0.2) is 0 Å². The fourth-order valence-electron chi connectivity index (χ4n) is 4.00. The van der Waals surface area contributed by atoms with Gasteiger partial charge in [0.25, 0.3) is 0 Å². The lowest BCUT2D eigenvalue weighted by Crippen LogP contribution is -2.24. The Morgan fingerprint density at radius 1 is 1.03 bits per heavy atom. The number of furan rings is 1. The van der Waals surface area contributed by atoms with Crippen molar-refractivity contribution in [3.05, 3.63) is 59.4 Å². The van der Waals surface area contributed by atoms with E-state index in [1.165, 1.54) is 6.42 Å². The Hall–Kier alpha value is -3.08. The molecule has 1 aliphatic carbocycles. The second-order valence-corrected chi connectivity index (χ2v) is 7.65. The molecule has 0 aliphatic heterocycles. The second kappa shape index (κ2) is 8.11. The first-order valence-corrected chi connectivity index (χ1v) is 10.1. The number of ether oxygens (including phenoxy) is 1. The van der Waals surface area contributed by atoms with Crippen LogP contribution < -0.4 is 10.1 Å². The number of hydrogen-bond acceptors (Lipinski definition) is 4. The van der Waals surface area contributed by atoms with Crippen molar-refractivity contribution in [2.75, 3.05) is 12.4 Å². The molecule has 0 radical (unpaired) electrons. The Morgan fingerprint density at radius 2 is 1.76 bits per heavy atom. The number of benzene rings is 2. The molecule has 2 aromatic carbocycles. The third kappa shape index (κ3) is 3.90. The number of methoxy groups -OCH3 is 1. The van der Waals surface area contributed by atoms with E-state index in [-0.39, 0.29) is 17.6 Å². The molecule has 0 unspecified atom stereocenters. The summed E-state index contributed by atoms with van der Waals surface area (Å²) in [7, 11) is 1.59. The highest BCUT2D eigenvalue weighted by Gasteiger charge is 2.22. The first kappa shape index (κ1) is 19.2. The maximum Gasteiger partial charge on any atom is 0.228 e. The summed E-state index contributed by atoms with van der Waals surface area (Å²) in [6, 6.07) is 12.5. The number of aryl methyl sites for hydroxylation is 1. The molecule has 5 heteroatoms. The quantitative estimate of drug-likeness (QED) is 0.583. The van der Waals surface area contributed by atoms with Crippen LogP contribution in [-0.4, -0.2) is 18.8 Å². The topological polar surface area (TPSA) is 68.5 Å². The zero-order valence-electron chi connectivity index (χ0n) is 16.8. The van der Waals surface area contributed by atoms with Crippen LogP contribution in [0.4, 0.5) is 5.69 Å². The molecule has 1 saturated carbocycles. The van der Waals surface area contributed by atoms with E-state index >= 15 is 0 Å². The fraction of sp³-hybridized carbons (Fsp3) is 0.333. The second-order valence-electron chi connectivity index (χ2n) is 7.65. The van der Waals surface area contributed by atoms with Crippen LogP contribution in [0.1, 0.15) is 53.8 Å². The molecule has 1 heterocycles. The highest BCUT2D eigenvalue weighted by molar-refractivity contribution is 6.11. The summed E-state index contributed by atoms with van der Waals surface area (Å²) >= 11 is 0. The Bertz CT molecular complexity index is 1040. The maximum atomic E-state index is 12.9. The molecule has 1 N–H and O–H groups in total. The number of ketones is 1. The van der Waals surface area contributed by atoms with Crippen LogP contribution >= 0.6 is 0 Å². The molecule has 0 saturated heterocycles. The number of nitrogens with one attached hydrogen (secondary N) is 1. The van der Waals surface area contributed by atoms with E-state index in [9.17, 15) is 9.59 Å². The SMILES string of the molecule is COc1ccc(C(=O)c2oc3ccc(NC(=O)C4CCCCC4)cc3c2C)cc1.